The third-order valence-electron chi connectivity index (χ3n) is 6.09. The molecule has 2 nitrogen and oxygen atoms in total. The van der Waals surface area contributed by atoms with Crippen LogP contribution in [-0.2, 0) is 0 Å². The van der Waals surface area contributed by atoms with E-state index in [0.29, 0.717) is 0 Å². The quantitative estimate of drug-likeness (QED) is 0.270. The average Bonchev–Trinajstić information content (AvgIpc) is 2.88. The monoisotopic (exact) mass is 440 g/mol. The highest BCUT2D eigenvalue weighted by Gasteiger charge is 2.08. The fourth-order valence-electron chi connectivity index (χ4n) is 4.32. The van der Waals surface area contributed by atoms with Crippen LogP contribution < -0.4 is 5.30 Å². The van der Waals surface area contributed by atoms with Crippen molar-refractivity contribution in [2.24, 2.45) is 0 Å². The van der Waals surface area contributed by atoms with Gasteiger partial charge in [-0.15, -0.1) is 9.24 Å². The van der Waals surface area contributed by atoms with Gasteiger partial charge >= 0.3 is 0 Å². The van der Waals surface area contributed by atoms with Gasteiger partial charge in [-0.1, -0.05) is 78.9 Å². The Hall–Kier alpha value is -3.87. The highest BCUT2D eigenvalue weighted by molar-refractivity contribution is 7.27. The Kier molecular flexibility index (Phi) is 4.94. The number of benzene rings is 4. The highest BCUT2D eigenvalue weighted by Crippen LogP contribution is 2.30. The standard InChI is InChI=1S/C30H21N2P/c33-27-13-10-20(11-14-27)23-8-6-21-7-9-24(18-26(21)17-23)25-12-15-29(32-19-25)28-5-1-3-22-4-2-16-31-30(22)28/h1-19H,33H2. The van der Waals surface area contributed by atoms with Crippen molar-refractivity contribution in [1.82, 2.24) is 9.97 Å². The van der Waals surface area contributed by atoms with E-state index >= 15 is 0 Å². The van der Waals surface area contributed by atoms with Crippen LogP contribution in [0.2, 0.25) is 0 Å². The molecule has 0 aliphatic carbocycles. The van der Waals surface area contributed by atoms with E-state index in [2.05, 4.69) is 111 Å². The maximum absolute atomic E-state index is 4.79. The van der Waals surface area contributed by atoms with Crippen LogP contribution in [0, 0.1) is 0 Å². The zero-order chi connectivity index (χ0) is 22.2. The SMILES string of the molecule is Pc1ccc(-c2ccc3ccc(-c4ccc(-c5cccc6cccnc56)nc4)cc3c2)cc1. The van der Waals surface area contributed by atoms with Crippen molar-refractivity contribution in [2.75, 3.05) is 0 Å². The van der Waals surface area contributed by atoms with Gasteiger partial charge in [0.05, 0.1) is 11.2 Å². The molecule has 3 heteroatoms. The predicted octanol–water partition coefficient (Wildman–Crippen LogP) is 7.28. The molecule has 0 aliphatic rings. The lowest BCUT2D eigenvalue weighted by Gasteiger charge is -2.09. The number of aromatic nitrogens is 2. The Bertz CT molecular complexity index is 1600. The third kappa shape index (κ3) is 3.80. The maximum atomic E-state index is 4.79. The second-order valence-electron chi connectivity index (χ2n) is 8.21. The summed E-state index contributed by atoms with van der Waals surface area (Å²) < 4.78 is 0. The van der Waals surface area contributed by atoms with E-state index in [1.54, 1.807) is 0 Å². The summed E-state index contributed by atoms with van der Waals surface area (Å²) in [6, 6.07) is 36.3. The molecule has 0 bridgehead atoms. The summed E-state index contributed by atoms with van der Waals surface area (Å²) in [5.41, 5.74) is 7.68. The fraction of sp³-hybridized carbons (Fsp3) is 0. The Morgan fingerprint density at radius 1 is 0.515 bits per heavy atom. The second kappa shape index (κ2) is 8.24. The number of pyridine rings is 2. The molecular weight excluding hydrogens is 419 g/mol. The van der Waals surface area contributed by atoms with Crippen molar-refractivity contribution < 1.29 is 0 Å². The molecule has 2 aromatic heterocycles. The van der Waals surface area contributed by atoms with Gasteiger partial charge in [0.1, 0.15) is 0 Å². The molecule has 0 saturated heterocycles. The zero-order valence-electron chi connectivity index (χ0n) is 17.9. The first-order valence-corrected chi connectivity index (χ1v) is 11.5. The van der Waals surface area contributed by atoms with Crippen LogP contribution in [0.5, 0.6) is 0 Å². The molecular formula is C30H21N2P. The fourth-order valence-corrected chi connectivity index (χ4v) is 4.51. The first-order valence-electron chi connectivity index (χ1n) is 10.9. The zero-order valence-corrected chi connectivity index (χ0v) is 19.1. The van der Waals surface area contributed by atoms with Gasteiger partial charge < -0.3 is 0 Å². The molecule has 0 spiro atoms. The van der Waals surface area contributed by atoms with E-state index < -0.39 is 0 Å². The molecule has 33 heavy (non-hydrogen) atoms. The van der Waals surface area contributed by atoms with E-state index in [-0.39, 0.29) is 0 Å². The van der Waals surface area contributed by atoms with Crippen LogP contribution in [0.25, 0.3) is 55.2 Å². The topological polar surface area (TPSA) is 25.8 Å². The summed E-state index contributed by atoms with van der Waals surface area (Å²) in [5, 5.41) is 4.77. The van der Waals surface area contributed by atoms with Gasteiger partial charge in [0.15, 0.2) is 0 Å². The average molecular weight is 440 g/mol. The molecule has 0 radical (unpaired) electrons. The molecule has 0 saturated carbocycles. The van der Waals surface area contributed by atoms with Crippen LogP contribution in [0.1, 0.15) is 0 Å². The van der Waals surface area contributed by atoms with E-state index in [0.717, 1.165) is 33.3 Å². The molecule has 4 aromatic carbocycles. The number of hydrogen-bond acceptors (Lipinski definition) is 2. The summed E-state index contributed by atoms with van der Waals surface area (Å²) in [6.45, 7) is 0. The normalized spacial score (nSPS) is 11.2. The van der Waals surface area contributed by atoms with E-state index in [4.69, 9.17) is 4.98 Å². The molecule has 156 valence electrons. The Labute approximate surface area is 195 Å². The van der Waals surface area contributed by atoms with Gasteiger partial charge in [-0.2, -0.15) is 0 Å². The molecule has 6 rings (SSSR count). The number of rotatable bonds is 3. The Morgan fingerprint density at radius 2 is 1.21 bits per heavy atom. The summed E-state index contributed by atoms with van der Waals surface area (Å²) in [4.78, 5) is 9.36. The maximum Gasteiger partial charge on any atom is 0.0795 e. The van der Waals surface area contributed by atoms with Crippen molar-refractivity contribution in [3.8, 4) is 33.5 Å². The van der Waals surface area contributed by atoms with Gasteiger partial charge in [0, 0.05) is 28.9 Å². The first-order chi connectivity index (χ1) is 16.2. The molecule has 1 unspecified atom stereocenters. The van der Waals surface area contributed by atoms with Crippen molar-refractivity contribution in [3.63, 3.8) is 0 Å². The van der Waals surface area contributed by atoms with Gasteiger partial charge in [-0.05, 0) is 57.0 Å². The molecule has 2 heterocycles. The number of hydrogen-bond donors (Lipinski definition) is 0. The number of nitrogens with zero attached hydrogens (tertiary/aromatic N) is 2. The first kappa shape index (κ1) is 19.8. The minimum atomic E-state index is 0.934. The molecule has 6 aromatic rings. The minimum Gasteiger partial charge on any atom is -0.256 e. The molecule has 0 amide bonds. The van der Waals surface area contributed by atoms with E-state index in [1.807, 2.05) is 18.5 Å². The third-order valence-corrected chi connectivity index (χ3v) is 6.47. The van der Waals surface area contributed by atoms with E-state index in [9.17, 15) is 0 Å². The number of para-hydroxylation sites is 1. The Morgan fingerprint density at radius 3 is 1.97 bits per heavy atom. The van der Waals surface area contributed by atoms with Gasteiger partial charge in [-0.3, -0.25) is 9.97 Å². The van der Waals surface area contributed by atoms with Gasteiger partial charge in [0.25, 0.3) is 0 Å². The second-order valence-corrected chi connectivity index (χ2v) is 8.88. The van der Waals surface area contributed by atoms with Crippen molar-refractivity contribution in [1.29, 1.82) is 0 Å². The summed E-state index contributed by atoms with van der Waals surface area (Å²) >= 11 is 0. The lowest BCUT2D eigenvalue weighted by molar-refractivity contribution is 1.32. The summed E-state index contributed by atoms with van der Waals surface area (Å²) in [6.07, 6.45) is 3.79. The molecule has 1 atom stereocenters. The summed E-state index contributed by atoms with van der Waals surface area (Å²) in [5.74, 6) is 0. The lowest BCUT2D eigenvalue weighted by atomic mass is 9.98. The predicted molar refractivity (Wildman–Crippen MR) is 143 cm³/mol. The molecule has 0 aliphatic heterocycles. The molecule has 0 N–H and O–H groups in total. The lowest BCUT2D eigenvalue weighted by Crippen LogP contribution is -1.89. The molecule has 0 fully saturated rings. The highest BCUT2D eigenvalue weighted by atomic mass is 31.0. The largest absolute Gasteiger partial charge is 0.256 e. The van der Waals surface area contributed by atoms with Crippen molar-refractivity contribution in [2.45, 2.75) is 0 Å². The van der Waals surface area contributed by atoms with Crippen molar-refractivity contribution >= 4 is 36.2 Å². The van der Waals surface area contributed by atoms with Crippen LogP contribution in [0.3, 0.4) is 0 Å². The van der Waals surface area contributed by atoms with Crippen molar-refractivity contribution in [3.05, 3.63) is 116 Å². The van der Waals surface area contributed by atoms with Crippen LogP contribution in [-0.4, -0.2) is 9.97 Å². The van der Waals surface area contributed by atoms with Crippen LogP contribution in [0.15, 0.2) is 116 Å². The minimum absolute atomic E-state index is 0.934. The van der Waals surface area contributed by atoms with Gasteiger partial charge in [0.2, 0.25) is 0 Å². The number of fused-ring (bicyclic) bond motifs is 2. The Balaban J connectivity index is 1.37. The van der Waals surface area contributed by atoms with E-state index in [1.165, 1.54) is 27.2 Å². The summed E-state index contributed by atoms with van der Waals surface area (Å²) in [7, 11) is 2.74. The van der Waals surface area contributed by atoms with Gasteiger partial charge in [-0.25, -0.2) is 0 Å². The van der Waals surface area contributed by atoms with Crippen LogP contribution >= 0.6 is 9.24 Å². The van der Waals surface area contributed by atoms with Crippen LogP contribution in [0.4, 0.5) is 0 Å². The smallest absolute Gasteiger partial charge is 0.0795 e.